The second-order valence-electron chi connectivity index (χ2n) is 6.98. The molecule has 6 nitrogen and oxygen atoms in total. The first-order valence-electron chi connectivity index (χ1n) is 9.60. The average Bonchev–Trinajstić information content (AvgIpc) is 3.44. The smallest absolute Gasteiger partial charge is 0.418 e. The van der Waals surface area contributed by atoms with Gasteiger partial charge in [-0.2, -0.15) is 13.2 Å². The Balaban J connectivity index is 1.49. The monoisotopic (exact) mass is 442 g/mol. The van der Waals surface area contributed by atoms with Crippen molar-refractivity contribution in [1.29, 1.82) is 0 Å². The van der Waals surface area contributed by atoms with Crippen LogP contribution < -0.4 is 15.4 Å². The molecule has 32 heavy (non-hydrogen) atoms. The number of ether oxygens (including phenoxy) is 1. The number of benzene rings is 2. The molecule has 164 valence electrons. The van der Waals surface area contributed by atoms with Crippen molar-refractivity contribution in [2.45, 2.75) is 12.6 Å². The predicted octanol–water partition coefficient (Wildman–Crippen LogP) is 5.14. The number of furan rings is 1. The Hall–Kier alpha value is -4.01. The van der Waals surface area contributed by atoms with Gasteiger partial charge in [-0.1, -0.05) is 6.07 Å². The Kier molecular flexibility index (Phi) is 5.72. The minimum Gasteiger partial charge on any atom is -0.493 e. The van der Waals surface area contributed by atoms with E-state index in [1.54, 1.807) is 12.1 Å². The van der Waals surface area contributed by atoms with E-state index in [4.69, 9.17) is 9.15 Å². The summed E-state index contributed by atoms with van der Waals surface area (Å²) in [5.41, 5.74) is 0.139. The molecule has 1 aromatic heterocycles. The van der Waals surface area contributed by atoms with Crippen LogP contribution in [0.15, 0.2) is 65.3 Å². The van der Waals surface area contributed by atoms with Crippen LogP contribution in [0.4, 0.5) is 24.5 Å². The van der Waals surface area contributed by atoms with E-state index >= 15 is 0 Å². The molecule has 0 aliphatic carbocycles. The standard InChI is InChI=1S/C23H17F3N2O4/c24-23(25,26)17-13-16(27-22(30)20-2-1-10-31-20)5-6-18(17)28-21(29)8-4-14-3-7-19-15(12-14)9-11-32-19/h1-8,10,12-13H,9,11H2,(H,27,30)(H,28,29)/b8-4+. The second-order valence-corrected chi connectivity index (χ2v) is 6.98. The summed E-state index contributed by atoms with van der Waals surface area (Å²) >= 11 is 0. The van der Waals surface area contributed by atoms with Crippen LogP contribution in [0, 0.1) is 0 Å². The average molecular weight is 442 g/mol. The van der Waals surface area contributed by atoms with E-state index in [1.807, 2.05) is 6.07 Å². The third-order valence-electron chi connectivity index (χ3n) is 4.73. The highest BCUT2D eigenvalue weighted by Crippen LogP contribution is 2.37. The molecule has 9 heteroatoms. The zero-order chi connectivity index (χ0) is 22.7. The highest BCUT2D eigenvalue weighted by Gasteiger charge is 2.34. The molecule has 0 saturated carbocycles. The van der Waals surface area contributed by atoms with E-state index in [2.05, 4.69) is 10.6 Å². The second kappa shape index (κ2) is 8.62. The van der Waals surface area contributed by atoms with Crippen molar-refractivity contribution in [3.8, 4) is 5.75 Å². The number of alkyl halides is 3. The van der Waals surface area contributed by atoms with Crippen LogP contribution in [0.3, 0.4) is 0 Å². The Morgan fingerprint density at radius 3 is 2.62 bits per heavy atom. The molecular weight excluding hydrogens is 425 g/mol. The minimum atomic E-state index is -4.75. The van der Waals surface area contributed by atoms with Crippen LogP contribution in [0.1, 0.15) is 27.2 Å². The first kappa shape index (κ1) is 21.2. The van der Waals surface area contributed by atoms with Gasteiger partial charge in [-0.3, -0.25) is 9.59 Å². The zero-order valence-corrected chi connectivity index (χ0v) is 16.5. The summed E-state index contributed by atoms with van der Waals surface area (Å²) in [6.45, 7) is 0.598. The maximum absolute atomic E-state index is 13.6. The SMILES string of the molecule is O=C(/C=C/c1ccc2c(c1)CCO2)Nc1ccc(NC(=O)c2ccco2)cc1C(F)(F)F. The van der Waals surface area contributed by atoms with E-state index in [1.165, 1.54) is 30.5 Å². The first-order valence-corrected chi connectivity index (χ1v) is 9.60. The molecule has 0 radical (unpaired) electrons. The molecular formula is C23H17F3N2O4. The molecule has 0 spiro atoms. The van der Waals surface area contributed by atoms with Gasteiger partial charge in [0.15, 0.2) is 5.76 Å². The van der Waals surface area contributed by atoms with Crippen molar-refractivity contribution >= 4 is 29.3 Å². The van der Waals surface area contributed by atoms with Crippen LogP contribution in [0.2, 0.25) is 0 Å². The van der Waals surface area contributed by atoms with Gasteiger partial charge >= 0.3 is 6.18 Å². The fourth-order valence-electron chi connectivity index (χ4n) is 3.22. The largest absolute Gasteiger partial charge is 0.493 e. The fourth-order valence-corrected chi connectivity index (χ4v) is 3.22. The summed E-state index contributed by atoms with van der Waals surface area (Å²) in [4.78, 5) is 24.3. The molecule has 2 N–H and O–H groups in total. The molecule has 0 unspecified atom stereocenters. The number of carbonyl (C=O) groups excluding carboxylic acids is 2. The number of nitrogens with one attached hydrogen (secondary N) is 2. The molecule has 2 aromatic carbocycles. The topological polar surface area (TPSA) is 80.6 Å². The van der Waals surface area contributed by atoms with Crippen molar-refractivity contribution in [3.63, 3.8) is 0 Å². The predicted molar refractivity (Wildman–Crippen MR) is 111 cm³/mol. The van der Waals surface area contributed by atoms with Gasteiger partial charge in [-0.05, 0) is 59.7 Å². The lowest BCUT2D eigenvalue weighted by Gasteiger charge is -2.15. The van der Waals surface area contributed by atoms with Crippen LogP contribution in [-0.2, 0) is 17.4 Å². The highest BCUT2D eigenvalue weighted by molar-refractivity contribution is 6.04. The first-order chi connectivity index (χ1) is 15.3. The van der Waals surface area contributed by atoms with Gasteiger partial charge < -0.3 is 19.8 Å². The van der Waals surface area contributed by atoms with E-state index in [0.717, 1.165) is 41.5 Å². The Bertz CT molecular complexity index is 1180. The van der Waals surface area contributed by atoms with Gasteiger partial charge in [0, 0.05) is 18.2 Å². The van der Waals surface area contributed by atoms with Crippen molar-refractivity contribution < 1.29 is 31.9 Å². The molecule has 2 amide bonds. The van der Waals surface area contributed by atoms with Gasteiger partial charge in [0.05, 0.1) is 24.1 Å². The molecule has 2 heterocycles. The van der Waals surface area contributed by atoms with E-state index < -0.39 is 29.2 Å². The lowest BCUT2D eigenvalue weighted by atomic mass is 10.1. The number of fused-ring (bicyclic) bond motifs is 1. The molecule has 0 fully saturated rings. The molecule has 0 bridgehead atoms. The highest BCUT2D eigenvalue weighted by atomic mass is 19.4. The van der Waals surface area contributed by atoms with Crippen molar-refractivity contribution in [3.05, 3.63) is 83.3 Å². The van der Waals surface area contributed by atoms with Gasteiger partial charge in [0.2, 0.25) is 5.91 Å². The number of hydrogen-bond acceptors (Lipinski definition) is 4. The van der Waals surface area contributed by atoms with E-state index in [9.17, 15) is 22.8 Å². The van der Waals surface area contributed by atoms with Gasteiger partial charge in [0.25, 0.3) is 5.91 Å². The summed E-state index contributed by atoms with van der Waals surface area (Å²) in [7, 11) is 0. The fraction of sp³-hybridized carbons (Fsp3) is 0.130. The van der Waals surface area contributed by atoms with E-state index in [-0.39, 0.29) is 11.4 Å². The van der Waals surface area contributed by atoms with Crippen molar-refractivity contribution in [2.24, 2.45) is 0 Å². The van der Waals surface area contributed by atoms with Gasteiger partial charge in [-0.25, -0.2) is 0 Å². The summed E-state index contributed by atoms with van der Waals surface area (Å²) in [5, 5.41) is 4.58. The number of carbonyl (C=O) groups is 2. The zero-order valence-electron chi connectivity index (χ0n) is 16.5. The van der Waals surface area contributed by atoms with Crippen molar-refractivity contribution in [1.82, 2.24) is 0 Å². The Morgan fingerprint density at radius 1 is 1.03 bits per heavy atom. The van der Waals surface area contributed by atoms with Crippen LogP contribution in [0.25, 0.3) is 6.08 Å². The third kappa shape index (κ3) is 4.83. The van der Waals surface area contributed by atoms with Crippen LogP contribution in [-0.4, -0.2) is 18.4 Å². The van der Waals surface area contributed by atoms with E-state index in [0.29, 0.717) is 6.61 Å². The lowest BCUT2D eigenvalue weighted by Crippen LogP contribution is -2.16. The minimum absolute atomic E-state index is 0.0424. The maximum atomic E-state index is 13.6. The molecule has 1 aliphatic rings. The number of anilines is 2. The number of halogens is 3. The van der Waals surface area contributed by atoms with Gasteiger partial charge in [0.1, 0.15) is 5.75 Å². The summed E-state index contributed by atoms with van der Waals surface area (Å²) in [6.07, 6.45) is -0.0408. The summed E-state index contributed by atoms with van der Waals surface area (Å²) < 4.78 is 51.0. The maximum Gasteiger partial charge on any atom is 0.418 e. The number of amides is 2. The third-order valence-corrected chi connectivity index (χ3v) is 4.73. The van der Waals surface area contributed by atoms with Crippen molar-refractivity contribution in [2.75, 3.05) is 17.2 Å². The van der Waals surface area contributed by atoms with Gasteiger partial charge in [-0.15, -0.1) is 0 Å². The molecule has 3 aromatic rings. The molecule has 1 aliphatic heterocycles. The summed E-state index contributed by atoms with van der Waals surface area (Å²) in [6, 6.07) is 11.4. The Morgan fingerprint density at radius 2 is 1.88 bits per heavy atom. The molecule has 0 saturated heterocycles. The lowest BCUT2D eigenvalue weighted by molar-refractivity contribution is -0.136. The molecule has 4 rings (SSSR count). The summed E-state index contributed by atoms with van der Waals surface area (Å²) in [5.74, 6) is -0.665. The quantitative estimate of drug-likeness (QED) is 0.537. The number of hydrogen-bond donors (Lipinski definition) is 2. The Labute approximate surface area is 180 Å². The van der Waals surface area contributed by atoms with Crippen LogP contribution in [0.5, 0.6) is 5.75 Å². The van der Waals surface area contributed by atoms with Crippen LogP contribution >= 0.6 is 0 Å². The molecule has 0 atom stereocenters. The number of rotatable bonds is 5. The normalized spacial score (nSPS) is 13.0.